The number of nitrogens with zero attached hydrogens (tertiary/aromatic N) is 4. The van der Waals surface area contributed by atoms with E-state index in [2.05, 4.69) is 0 Å². The Morgan fingerprint density at radius 3 is 2.26 bits per heavy atom. The first kappa shape index (κ1) is 30.6. The molecule has 1 aliphatic heterocycles. The van der Waals surface area contributed by atoms with Crippen molar-refractivity contribution in [3.05, 3.63) is 153 Å². The van der Waals surface area contributed by atoms with E-state index in [4.69, 9.17) is 33.0 Å². The molecule has 0 atom stereocenters. The van der Waals surface area contributed by atoms with Gasteiger partial charge in [-0.15, -0.1) is 0 Å². The lowest BCUT2D eigenvalue weighted by Gasteiger charge is -2.27. The third kappa shape index (κ3) is 6.36. The highest BCUT2D eigenvalue weighted by molar-refractivity contribution is 6.35. The summed E-state index contributed by atoms with van der Waals surface area (Å²) in [5.74, 6) is -0.456. The van der Waals surface area contributed by atoms with E-state index in [0.717, 1.165) is 27.3 Å². The van der Waals surface area contributed by atoms with Crippen molar-refractivity contribution in [3.8, 4) is 28.8 Å². The average Bonchev–Trinajstić information content (AvgIpc) is 3.50. The van der Waals surface area contributed by atoms with Crippen molar-refractivity contribution in [1.82, 2.24) is 14.7 Å². The number of rotatable bonds is 8. The fourth-order valence-electron chi connectivity index (χ4n) is 5.13. The smallest absolute Gasteiger partial charge is 0.271 e. The number of halogens is 2. The normalized spacial score (nSPS) is 14.1. The number of hydrogen-bond acceptors (Lipinski definition) is 5. The molecular formula is C37H26Cl2N4O3. The summed E-state index contributed by atoms with van der Waals surface area (Å²) in [7, 11) is 0. The van der Waals surface area contributed by atoms with Gasteiger partial charge in [-0.2, -0.15) is 10.4 Å². The molecule has 0 spiro atoms. The zero-order valence-corrected chi connectivity index (χ0v) is 26.2. The van der Waals surface area contributed by atoms with E-state index in [-0.39, 0.29) is 24.3 Å². The van der Waals surface area contributed by atoms with Crippen LogP contribution in [0.15, 0.2) is 126 Å². The number of hydrogen-bond donors (Lipinski definition) is 0. The number of imide groups is 1. The van der Waals surface area contributed by atoms with Crippen LogP contribution in [0.25, 0.3) is 23.0 Å². The molecule has 0 bridgehead atoms. The van der Waals surface area contributed by atoms with Gasteiger partial charge in [-0.25, -0.2) is 4.68 Å². The van der Waals surface area contributed by atoms with E-state index < -0.39 is 11.8 Å². The van der Waals surface area contributed by atoms with Crippen LogP contribution < -0.4 is 4.74 Å². The number of amides is 2. The van der Waals surface area contributed by atoms with Gasteiger partial charge in [-0.1, -0.05) is 77.8 Å². The molecular weight excluding hydrogens is 619 g/mol. The number of carbonyl (C=O) groups is 2. The van der Waals surface area contributed by atoms with E-state index in [1.165, 1.54) is 0 Å². The van der Waals surface area contributed by atoms with Gasteiger partial charge < -0.3 is 4.74 Å². The fourth-order valence-corrected chi connectivity index (χ4v) is 5.60. The number of aromatic nitrogens is 2. The highest BCUT2D eigenvalue weighted by atomic mass is 35.5. The summed E-state index contributed by atoms with van der Waals surface area (Å²) in [6.45, 7) is 1.94. The van der Waals surface area contributed by atoms with Crippen molar-refractivity contribution in [2.45, 2.75) is 20.1 Å². The largest absolute Gasteiger partial charge is 0.489 e. The first-order chi connectivity index (χ1) is 22.3. The molecule has 2 heterocycles. The molecule has 0 N–H and O–H groups in total. The molecule has 0 unspecified atom stereocenters. The molecule has 6 rings (SSSR count). The number of carbonyl (C=O) groups excluding carboxylic acids is 2. The predicted molar refractivity (Wildman–Crippen MR) is 178 cm³/mol. The van der Waals surface area contributed by atoms with Gasteiger partial charge in [-0.3, -0.25) is 14.5 Å². The third-order valence-electron chi connectivity index (χ3n) is 7.61. The summed E-state index contributed by atoms with van der Waals surface area (Å²) >= 11 is 12.3. The van der Waals surface area contributed by atoms with Crippen LogP contribution >= 0.6 is 23.2 Å². The second-order valence-corrected chi connectivity index (χ2v) is 11.5. The summed E-state index contributed by atoms with van der Waals surface area (Å²) in [5.41, 5.74) is 4.94. The Balaban J connectivity index is 1.37. The Morgan fingerprint density at radius 1 is 0.891 bits per heavy atom. The van der Waals surface area contributed by atoms with Crippen molar-refractivity contribution in [2.75, 3.05) is 0 Å². The summed E-state index contributed by atoms with van der Waals surface area (Å²) in [6.07, 6.45) is 3.53. The lowest BCUT2D eigenvalue weighted by Crippen LogP contribution is -2.42. The maximum Gasteiger partial charge on any atom is 0.271 e. The minimum atomic E-state index is -0.610. The Bertz CT molecular complexity index is 2040. The SMILES string of the molecule is CC1=C(C#N)C(=O)N(Cc2ccccc2)C(=O)/C1=C/c1cn(-c2ccccc2)nc1-c1ccc(OCc2ccc(Cl)cc2Cl)cc1. The van der Waals surface area contributed by atoms with Crippen LogP contribution in [0.2, 0.25) is 10.0 Å². The molecule has 2 amide bonds. The molecule has 1 aliphatic rings. The highest BCUT2D eigenvalue weighted by Crippen LogP contribution is 2.33. The van der Waals surface area contributed by atoms with Gasteiger partial charge in [-0.05, 0) is 72.7 Å². The zero-order valence-electron chi connectivity index (χ0n) is 24.7. The monoisotopic (exact) mass is 644 g/mol. The third-order valence-corrected chi connectivity index (χ3v) is 8.20. The van der Waals surface area contributed by atoms with Crippen molar-refractivity contribution in [1.29, 1.82) is 5.26 Å². The Morgan fingerprint density at radius 2 is 1.59 bits per heavy atom. The lowest BCUT2D eigenvalue weighted by molar-refractivity contribution is -0.141. The number of benzene rings is 4. The summed E-state index contributed by atoms with van der Waals surface area (Å²) in [4.78, 5) is 28.2. The van der Waals surface area contributed by atoms with E-state index in [1.807, 2.05) is 103 Å². The molecule has 226 valence electrons. The molecule has 1 aromatic heterocycles. The van der Waals surface area contributed by atoms with Crippen LogP contribution in [-0.4, -0.2) is 26.5 Å². The molecule has 0 saturated carbocycles. The standard InChI is InChI=1S/C37H26Cl2N4O3/c1-24-32(36(44)42(37(45)33(24)20-40)21-25-8-4-2-5-9-25)18-28-22-43(30-10-6-3-7-11-30)41-35(28)26-13-16-31(17-14-26)46-23-27-12-15-29(38)19-34(27)39/h2-19,22H,21,23H2,1H3/b32-18+. The predicted octanol–water partition coefficient (Wildman–Crippen LogP) is 8.22. The molecule has 0 radical (unpaired) electrons. The van der Waals surface area contributed by atoms with Gasteiger partial charge in [0.05, 0.1) is 17.9 Å². The fraction of sp³-hybridized carbons (Fsp3) is 0.0811. The van der Waals surface area contributed by atoms with Crippen LogP contribution in [0.3, 0.4) is 0 Å². The maximum atomic E-state index is 13.9. The molecule has 0 aliphatic carbocycles. The van der Waals surface area contributed by atoms with Gasteiger partial charge in [0.25, 0.3) is 11.8 Å². The van der Waals surface area contributed by atoms with Crippen molar-refractivity contribution in [3.63, 3.8) is 0 Å². The Kier molecular flexibility index (Phi) is 8.84. The highest BCUT2D eigenvalue weighted by Gasteiger charge is 2.35. The van der Waals surface area contributed by atoms with Gasteiger partial charge >= 0.3 is 0 Å². The molecule has 5 aromatic rings. The maximum absolute atomic E-state index is 13.9. The number of para-hydroxylation sites is 1. The van der Waals surface area contributed by atoms with E-state index in [9.17, 15) is 14.9 Å². The number of ether oxygens (including phenoxy) is 1. The minimum Gasteiger partial charge on any atom is -0.489 e. The van der Waals surface area contributed by atoms with Crippen LogP contribution in [0.4, 0.5) is 0 Å². The molecule has 0 fully saturated rings. The van der Waals surface area contributed by atoms with Crippen molar-refractivity contribution >= 4 is 41.1 Å². The first-order valence-corrected chi connectivity index (χ1v) is 15.1. The molecule has 4 aromatic carbocycles. The van der Waals surface area contributed by atoms with E-state index in [1.54, 1.807) is 29.8 Å². The van der Waals surface area contributed by atoms with Gasteiger partial charge in [0.15, 0.2) is 0 Å². The summed E-state index contributed by atoms with van der Waals surface area (Å²) in [5, 5.41) is 15.9. The van der Waals surface area contributed by atoms with Crippen molar-refractivity contribution in [2.24, 2.45) is 0 Å². The quantitative estimate of drug-likeness (QED) is 0.125. The Hall–Kier alpha value is -5.42. The molecule has 9 heteroatoms. The van der Waals surface area contributed by atoms with Gasteiger partial charge in [0.1, 0.15) is 24.0 Å². The number of nitriles is 1. The van der Waals surface area contributed by atoms with Crippen LogP contribution in [0, 0.1) is 11.3 Å². The zero-order chi connectivity index (χ0) is 32.2. The van der Waals surface area contributed by atoms with Crippen LogP contribution in [0.1, 0.15) is 23.6 Å². The second-order valence-electron chi connectivity index (χ2n) is 10.6. The van der Waals surface area contributed by atoms with Gasteiger partial charge in [0.2, 0.25) is 0 Å². The lowest BCUT2D eigenvalue weighted by atomic mass is 9.93. The van der Waals surface area contributed by atoms with Crippen molar-refractivity contribution < 1.29 is 14.3 Å². The van der Waals surface area contributed by atoms with Crippen LogP contribution in [0.5, 0.6) is 5.75 Å². The summed E-state index contributed by atoms with van der Waals surface area (Å²) in [6, 6.07) is 33.5. The van der Waals surface area contributed by atoms with Crippen LogP contribution in [-0.2, 0) is 22.7 Å². The van der Waals surface area contributed by atoms with E-state index >= 15 is 0 Å². The first-order valence-electron chi connectivity index (χ1n) is 14.4. The average molecular weight is 646 g/mol. The molecule has 0 saturated heterocycles. The molecule has 7 nitrogen and oxygen atoms in total. The van der Waals surface area contributed by atoms with Gasteiger partial charge in [0, 0.05) is 38.5 Å². The topological polar surface area (TPSA) is 88.2 Å². The Labute approximate surface area is 276 Å². The van der Waals surface area contributed by atoms with E-state index in [0.29, 0.717) is 32.6 Å². The minimum absolute atomic E-state index is 0.0487. The summed E-state index contributed by atoms with van der Waals surface area (Å²) < 4.78 is 7.70. The second kappa shape index (κ2) is 13.3. The molecule has 46 heavy (non-hydrogen) atoms.